The lowest BCUT2D eigenvalue weighted by Gasteiger charge is -2.25. The van der Waals surface area contributed by atoms with Crippen LogP contribution in [0.25, 0.3) is 11.5 Å². The van der Waals surface area contributed by atoms with Crippen molar-refractivity contribution < 1.29 is 4.52 Å². The van der Waals surface area contributed by atoms with Crippen LogP contribution in [0.2, 0.25) is 0 Å². The molecule has 0 saturated heterocycles. The van der Waals surface area contributed by atoms with Crippen LogP contribution < -0.4 is 5.73 Å². The van der Waals surface area contributed by atoms with E-state index in [0.717, 1.165) is 5.69 Å². The average molecular weight is 234 g/mol. The van der Waals surface area contributed by atoms with Gasteiger partial charge in [0, 0.05) is 18.7 Å². The van der Waals surface area contributed by atoms with Crippen molar-refractivity contribution in [2.45, 2.75) is 33.2 Å². The lowest BCUT2D eigenvalue weighted by atomic mass is 9.85. The summed E-state index contributed by atoms with van der Waals surface area (Å²) in [6, 6.07) is 3.80. The summed E-state index contributed by atoms with van der Waals surface area (Å²) in [7, 11) is 0. The van der Waals surface area contributed by atoms with Gasteiger partial charge in [0.15, 0.2) is 0 Å². The van der Waals surface area contributed by atoms with Gasteiger partial charge in [-0.3, -0.25) is 0 Å². The van der Waals surface area contributed by atoms with E-state index in [1.54, 1.807) is 0 Å². The highest BCUT2D eigenvalue weighted by atomic mass is 16.5. The molecule has 0 bridgehead atoms. The van der Waals surface area contributed by atoms with Crippen LogP contribution in [0, 0.1) is 5.41 Å². The molecule has 0 aliphatic heterocycles. The number of aromatic amines is 1. The Bertz CT molecular complexity index is 467. The molecule has 0 aliphatic rings. The summed E-state index contributed by atoms with van der Waals surface area (Å²) >= 11 is 0. The van der Waals surface area contributed by atoms with Crippen LogP contribution in [0.1, 0.15) is 26.7 Å². The van der Waals surface area contributed by atoms with Crippen LogP contribution in [-0.2, 0) is 6.42 Å². The average Bonchev–Trinajstić information content (AvgIpc) is 2.83. The number of aromatic nitrogens is 3. The molecule has 92 valence electrons. The first-order valence-corrected chi connectivity index (χ1v) is 5.69. The fourth-order valence-electron chi connectivity index (χ4n) is 1.41. The Labute approximate surface area is 100 Å². The van der Waals surface area contributed by atoms with Gasteiger partial charge in [-0.2, -0.15) is 4.98 Å². The molecule has 0 radical (unpaired) electrons. The molecular formula is C12H18N4O. The third kappa shape index (κ3) is 2.74. The zero-order valence-corrected chi connectivity index (χ0v) is 10.4. The van der Waals surface area contributed by atoms with Gasteiger partial charge in [-0.1, -0.05) is 25.9 Å². The highest BCUT2D eigenvalue weighted by Gasteiger charge is 2.23. The zero-order valence-electron chi connectivity index (χ0n) is 10.4. The predicted octanol–water partition coefficient (Wildman–Crippen LogP) is 1.98. The van der Waals surface area contributed by atoms with Crippen molar-refractivity contribution in [2.24, 2.45) is 11.1 Å². The van der Waals surface area contributed by atoms with E-state index in [4.69, 9.17) is 10.3 Å². The topological polar surface area (TPSA) is 80.7 Å². The van der Waals surface area contributed by atoms with Gasteiger partial charge in [0.05, 0.1) is 5.69 Å². The van der Waals surface area contributed by atoms with Crippen LogP contribution in [0.3, 0.4) is 0 Å². The second kappa shape index (κ2) is 4.33. The molecule has 2 rings (SSSR count). The van der Waals surface area contributed by atoms with E-state index in [2.05, 4.69) is 35.9 Å². The van der Waals surface area contributed by atoms with Crippen molar-refractivity contribution in [3.8, 4) is 11.5 Å². The Morgan fingerprint density at radius 2 is 2.24 bits per heavy atom. The van der Waals surface area contributed by atoms with Gasteiger partial charge < -0.3 is 15.2 Å². The normalized spacial score (nSPS) is 13.9. The van der Waals surface area contributed by atoms with E-state index >= 15 is 0 Å². The van der Waals surface area contributed by atoms with Gasteiger partial charge in [0.25, 0.3) is 0 Å². The van der Waals surface area contributed by atoms with E-state index in [1.165, 1.54) is 0 Å². The summed E-state index contributed by atoms with van der Waals surface area (Å²) in [5.41, 5.74) is 6.96. The third-order valence-corrected chi connectivity index (χ3v) is 2.81. The lowest BCUT2D eigenvalue weighted by molar-refractivity contribution is 0.286. The number of rotatable bonds is 3. The smallest absolute Gasteiger partial charge is 0.228 e. The summed E-state index contributed by atoms with van der Waals surface area (Å²) in [5.74, 6) is 1.16. The van der Waals surface area contributed by atoms with Gasteiger partial charge in [-0.25, -0.2) is 0 Å². The Balaban J connectivity index is 2.09. The lowest BCUT2D eigenvalue weighted by Crippen LogP contribution is -2.36. The number of nitrogens with two attached hydrogens (primary N) is 1. The molecule has 5 nitrogen and oxygen atoms in total. The minimum absolute atomic E-state index is 0.000517. The first-order valence-electron chi connectivity index (χ1n) is 5.69. The van der Waals surface area contributed by atoms with Crippen molar-refractivity contribution in [3.63, 3.8) is 0 Å². The number of hydrogen-bond donors (Lipinski definition) is 2. The van der Waals surface area contributed by atoms with E-state index in [9.17, 15) is 0 Å². The maximum atomic E-state index is 6.08. The third-order valence-electron chi connectivity index (χ3n) is 2.81. The van der Waals surface area contributed by atoms with Gasteiger partial charge in [0.2, 0.25) is 11.7 Å². The Morgan fingerprint density at radius 3 is 2.82 bits per heavy atom. The van der Waals surface area contributed by atoms with Crippen molar-refractivity contribution in [2.75, 3.05) is 0 Å². The highest BCUT2D eigenvalue weighted by Crippen LogP contribution is 2.21. The largest absolute Gasteiger partial charge is 0.359 e. The first-order chi connectivity index (χ1) is 7.97. The van der Waals surface area contributed by atoms with Gasteiger partial charge in [-0.15, -0.1) is 0 Å². The van der Waals surface area contributed by atoms with Crippen LogP contribution in [0.15, 0.2) is 22.9 Å². The molecule has 17 heavy (non-hydrogen) atoms. The Hall–Kier alpha value is -1.62. The molecule has 0 aliphatic carbocycles. The molecule has 0 spiro atoms. The van der Waals surface area contributed by atoms with Crippen LogP contribution in [0.4, 0.5) is 0 Å². The Kier molecular flexibility index (Phi) is 3.02. The second-order valence-electron chi connectivity index (χ2n) is 5.27. The van der Waals surface area contributed by atoms with Gasteiger partial charge in [-0.05, 0) is 17.5 Å². The maximum absolute atomic E-state index is 6.08. The van der Waals surface area contributed by atoms with Crippen molar-refractivity contribution in [3.05, 3.63) is 24.2 Å². The van der Waals surface area contributed by atoms with E-state index < -0.39 is 0 Å². The molecule has 1 unspecified atom stereocenters. The van der Waals surface area contributed by atoms with Crippen molar-refractivity contribution in [1.29, 1.82) is 0 Å². The van der Waals surface area contributed by atoms with E-state index in [0.29, 0.717) is 18.1 Å². The van der Waals surface area contributed by atoms with Gasteiger partial charge >= 0.3 is 0 Å². The fraction of sp³-hybridized carbons (Fsp3) is 0.500. The van der Waals surface area contributed by atoms with E-state index in [-0.39, 0.29) is 11.5 Å². The molecule has 5 heteroatoms. The van der Waals surface area contributed by atoms with Crippen LogP contribution in [-0.4, -0.2) is 21.2 Å². The standard InChI is InChI=1S/C12H18N4O/c1-12(2,3)9(13)7-10-15-11(16-17-10)8-5-4-6-14-8/h4-6,9,14H,7,13H2,1-3H3. The molecule has 0 aromatic carbocycles. The molecule has 2 aromatic rings. The zero-order chi connectivity index (χ0) is 12.5. The molecule has 2 heterocycles. The van der Waals surface area contributed by atoms with E-state index in [1.807, 2.05) is 18.3 Å². The molecule has 2 aromatic heterocycles. The predicted molar refractivity (Wildman–Crippen MR) is 65.2 cm³/mol. The molecule has 3 N–H and O–H groups in total. The SMILES string of the molecule is CC(C)(C)C(N)Cc1nc(-c2ccc[nH]2)no1. The summed E-state index contributed by atoms with van der Waals surface area (Å²) in [6.45, 7) is 6.29. The number of nitrogens with one attached hydrogen (secondary N) is 1. The minimum Gasteiger partial charge on any atom is -0.359 e. The molecule has 0 saturated carbocycles. The summed E-state index contributed by atoms with van der Waals surface area (Å²) in [6.07, 6.45) is 2.42. The summed E-state index contributed by atoms with van der Waals surface area (Å²) < 4.78 is 5.19. The molecule has 1 atom stereocenters. The van der Waals surface area contributed by atoms with Crippen molar-refractivity contribution >= 4 is 0 Å². The Morgan fingerprint density at radius 1 is 1.47 bits per heavy atom. The molecule has 0 fully saturated rings. The highest BCUT2D eigenvalue weighted by molar-refractivity contribution is 5.47. The molecular weight excluding hydrogens is 216 g/mol. The second-order valence-corrected chi connectivity index (χ2v) is 5.27. The summed E-state index contributed by atoms with van der Waals surface area (Å²) in [5, 5.41) is 3.92. The number of H-pyrrole nitrogens is 1. The quantitative estimate of drug-likeness (QED) is 0.850. The van der Waals surface area contributed by atoms with Gasteiger partial charge in [0.1, 0.15) is 0 Å². The number of nitrogens with zero attached hydrogens (tertiary/aromatic N) is 2. The van der Waals surface area contributed by atoms with Crippen LogP contribution in [0.5, 0.6) is 0 Å². The van der Waals surface area contributed by atoms with Crippen molar-refractivity contribution in [1.82, 2.24) is 15.1 Å². The fourth-order valence-corrected chi connectivity index (χ4v) is 1.41. The van der Waals surface area contributed by atoms with Crippen LogP contribution >= 0.6 is 0 Å². The number of hydrogen-bond acceptors (Lipinski definition) is 4. The first kappa shape index (κ1) is 11.9. The minimum atomic E-state index is -0.000517. The monoisotopic (exact) mass is 234 g/mol. The maximum Gasteiger partial charge on any atom is 0.228 e. The molecule has 0 amide bonds. The summed E-state index contributed by atoms with van der Waals surface area (Å²) in [4.78, 5) is 7.35.